The monoisotopic (exact) mass is 223 g/mol. The molecule has 0 aromatic heterocycles. The highest BCUT2D eigenvalue weighted by molar-refractivity contribution is 5.91. The quantitative estimate of drug-likeness (QED) is 0.605. The van der Waals surface area contributed by atoms with Crippen LogP contribution in [-0.4, -0.2) is 17.5 Å². The number of carbonyl (C=O) groups excluding carboxylic acids is 1. The lowest BCUT2D eigenvalue weighted by molar-refractivity contribution is -0.383. The topological polar surface area (TPSA) is 84.3 Å². The van der Waals surface area contributed by atoms with E-state index < -0.39 is 11.0 Å². The summed E-state index contributed by atoms with van der Waals surface area (Å²) >= 11 is 0. The van der Waals surface area contributed by atoms with Crippen LogP contribution in [-0.2, 0) is 0 Å². The number of carbonyl (C=O) groups is 1. The lowest BCUT2D eigenvalue weighted by Crippen LogP contribution is -2.29. The molecule has 0 unspecified atom stereocenters. The molecule has 16 heavy (non-hydrogen) atoms. The van der Waals surface area contributed by atoms with Gasteiger partial charge >= 0.3 is 6.03 Å². The van der Waals surface area contributed by atoms with Crippen LogP contribution in [0, 0.1) is 10.1 Å². The van der Waals surface area contributed by atoms with Gasteiger partial charge < -0.3 is 10.6 Å². The highest BCUT2D eigenvalue weighted by Crippen LogP contribution is 2.22. The first-order valence-corrected chi connectivity index (χ1v) is 4.93. The molecule has 86 valence electrons. The van der Waals surface area contributed by atoms with Gasteiger partial charge in [0, 0.05) is 12.6 Å². The van der Waals surface area contributed by atoms with E-state index in [9.17, 15) is 14.9 Å². The summed E-state index contributed by atoms with van der Waals surface area (Å²) in [5.41, 5.74) is 0.0789. The third-order valence-corrected chi connectivity index (χ3v) is 1.88. The summed E-state index contributed by atoms with van der Waals surface area (Å²) in [5.74, 6) is 0. The predicted octanol–water partition coefficient (Wildman–Crippen LogP) is 2.13. The molecule has 0 aliphatic rings. The Balaban J connectivity index is 2.73. The predicted molar refractivity (Wildman–Crippen MR) is 60.4 cm³/mol. The molecular formula is C10H13N3O3. The van der Waals surface area contributed by atoms with Crippen molar-refractivity contribution in [2.45, 2.75) is 13.3 Å². The summed E-state index contributed by atoms with van der Waals surface area (Å²) in [6.07, 6.45) is 0.810. The molecule has 0 aliphatic heterocycles. The van der Waals surface area contributed by atoms with E-state index in [0.717, 1.165) is 6.42 Å². The van der Waals surface area contributed by atoms with E-state index in [0.29, 0.717) is 6.54 Å². The van der Waals surface area contributed by atoms with Gasteiger partial charge in [0.2, 0.25) is 0 Å². The fraction of sp³-hybridized carbons (Fsp3) is 0.300. The van der Waals surface area contributed by atoms with Crippen molar-refractivity contribution in [1.82, 2.24) is 5.32 Å². The van der Waals surface area contributed by atoms with Gasteiger partial charge in [-0.2, -0.15) is 0 Å². The number of nitro groups is 1. The van der Waals surface area contributed by atoms with E-state index in [1.54, 1.807) is 12.1 Å². The standard InChI is InChI=1S/C10H13N3O3/c1-2-7-11-10(14)12-8-5-3-4-6-9(8)13(15)16/h3-6H,2,7H2,1H3,(H2,11,12,14). The lowest BCUT2D eigenvalue weighted by Gasteiger charge is -2.06. The van der Waals surface area contributed by atoms with Gasteiger partial charge in [-0.3, -0.25) is 10.1 Å². The Hall–Kier alpha value is -2.11. The number of amides is 2. The van der Waals surface area contributed by atoms with Crippen LogP contribution < -0.4 is 10.6 Å². The van der Waals surface area contributed by atoms with Crippen molar-refractivity contribution < 1.29 is 9.72 Å². The molecule has 1 aromatic carbocycles. The highest BCUT2D eigenvalue weighted by Gasteiger charge is 2.13. The maximum atomic E-state index is 11.3. The first-order chi connectivity index (χ1) is 7.65. The van der Waals surface area contributed by atoms with Crippen LogP contribution >= 0.6 is 0 Å². The van der Waals surface area contributed by atoms with Gasteiger partial charge in [0.05, 0.1) is 4.92 Å². The Bertz CT molecular complexity index is 393. The minimum absolute atomic E-state index is 0.117. The number of benzene rings is 1. The van der Waals surface area contributed by atoms with Crippen LogP contribution in [0.4, 0.5) is 16.2 Å². The van der Waals surface area contributed by atoms with Gasteiger partial charge in [0.1, 0.15) is 5.69 Å². The third-order valence-electron chi connectivity index (χ3n) is 1.88. The Morgan fingerprint density at radius 3 is 2.75 bits per heavy atom. The van der Waals surface area contributed by atoms with Crippen molar-refractivity contribution in [2.75, 3.05) is 11.9 Å². The molecule has 1 rings (SSSR count). The van der Waals surface area contributed by atoms with Crippen molar-refractivity contribution >= 4 is 17.4 Å². The summed E-state index contributed by atoms with van der Waals surface area (Å²) in [4.78, 5) is 21.4. The van der Waals surface area contributed by atoms with Crippen molar-refractivity contribution in [3.63, 3.8) is 0 Å². The zero-order valence-electron chi connectivity index (χ0n) is 8.90. The van der Waals surface area contributed by atoms with Gasteiger partial charge in [-0.25, -0.2) is 4.79 Å². The minimum atomic E-state index is -0.532. The molecule has 0 fully saturated rings. The summed E-state index contributed by atoms with van der Waals surface area (Å²) in [5, 5.41) is 15.7. The number of anilines is 1. The van der Waals surface area contributed by atoms with Gasteiger partial charge in [0.15, 0.2) is 0 Å². The third kappa shape index (κ3) is 3.23. The molecule has 0 bridgehead atoms. The normalized spacial score (nSPS) is 9.56. The van der Waals surface area contributed by atoms with Crippen LogP contribution in [0.25, 0.3) is 0 Å². The number of hydrogen-bond donors (Lipinski definition) is 2. The van der Waals surface area contributed by atoms with Gasteiger partial charge in [-0.15, -0.1) is 0 Å². The fourth-order valence-corrected chi connectivity index (χ4v) is 1.14. The van der Waals surface area contributed by atoms with Gasteiger partial charge in [0.25, 0.3) is 5.69 Å². The van der Waals surface area contributed by atoms with E-state index in [2.05, 4.69) is 10.6 Å². The Morgan fingerprint density at radius 2 is 2.12 bits per heavy atom. The van der Waals surface area contributed by atoms with Crippen LogP contribution in [0.1, 0.15) is 13.3 Å². The molecule has 0 heterocycles. The molecule has 0 radical (unpaired) electrons. The highest BCUT2D eigenvalue weighted by atomic mass is 16.6. The van der Waals surface area contributed by atoms with Crippen molar-refractivity contribution in [2.24, 2.45) is 0 Å². The number of rotatable bonds is 4. The molecule has 2 N–H and O–H groups in total. The molecular weight excluding hydrogens is 210 g/mol. The van der Waals surface area contributed by atoms with Crippen LogP contribution in [0.2, 0.25) is 0 Å². The van der Waals surface area contributed by atoms with E-state index in [1.165, 1.54) is 12.1 Å². The number of nitrogens with one attached hydrogen (secondary N) is 2. The molecule has 0 aliphatic carbocycles. The number of nitro benzene ring substituents is 1. The van der Waals surface area contributed by atoms with Crippen molar-refractivity contribution in [1.29, 1.82) is 0 Å². The van der Waals surface area contributed by atoms with Crippen LogP contribution in [0.5, 0.6) is 0 Å². The first kappa shape index (κ1) is 12.0. The van der Waals surface area contributed by atoms with Crippen LogP contribution in [0.15, 0.2) is 24.3 Å². The van der Waals surface area contributed by atoms with Gasteiger partial charge in [-0.1, -0.05) is 19.1 Å². The number of urea groups is 1. The molecule has 0 atom stereocenters. The van der Waals surface area contributed by atoms with E-state index in [1.807, 2.05) is 6.92 Å². The zero-order valence-corrected chi connectivity index (χ0v) is 8.90. The smallest absolute Gasteiger partial charge is 0.319 e. The fourth-order valence-electron chi connectivity index (χ4n) is 1.14. The Labute approximate surface area is 92.8 Å². The van der Waals surface area contributed by atoms with E-state index >= 15 is 0 Å². The lowest BCUT2D eigenvalue weighted by atomic mass is 10.3. The summed E-state index contributed by atoms with van der Waals surface area (Å²) in [7, 11) is 0. The van der Waals surface area contributed by atoms with Crippen LogP contribution in [0.3, 0.4) is 0 Å². The maximum Gasteiger partial charge on any atom is 0.319 e. The molecule has 0 saturated carbocycles. The maximum absolute atomic E-state index is 11.3. The van der Waals surface area contributed by atoms with Crippen molar-refractivity contribution in [3.8, 4) is 0 Å². The molecule has 6 heteroatoms. The summed E-state index contributed by atoms with van der Waals surface area (Å²) < 4.78 is 0. The largest absolute Gasteiger partial charge is 0.338 e. The summed E-state index contributed by atoms with van der Waals surface area (Å²) in [6.45, 7) is 2.46. The van der Waals surface area contributed by atoms with E-state index in [4.69, 9.17) is 0 Å². The molecule has 1 aromatic rings. The van der Waals surface area contributed by atoms with Gasteiger partial charge in [-0.05, 0) is 12.5 Å². The Kier molecular flexibility index (Phi) is 4.26. The second-order valence-corrected chi connectivity index (χ2v) is 3.16. The molecule has 6 nitrogen and oxygen atoms in total. The second-order valence-electron chi connectivity index (χ2n) is 3.16. The number of nitrogens with zero attached hydrogens (tertiary/aromatic N) is 1. The van der Waals surface area contributed by atoms with E-state index in [-0.39, 0.29) is 11.4 Å². The molecule has 0 saturated heterocycles. The second kappa shape index (κ2) is 5.69. The number of hydrogen-bond acceptors (Lipinski definition) is 3. The average molecular weight is 223 g/mol. The molecule has 0 spiro atoms. The summed E-state index contributed by atoms with van der Waals surface area (Å²) in [6, 6.07) is 5.57. The SMILES string of the molecule is CCCNC(=O)Nc1ccccc1[N+](=O)[O-]. The molecule has 2 amide bonds. The van der Waals surface area contributed by atoms with Crippen molar-refractivity contribution in [3.05, 3.63) is 34.4 Å². The first-order valence-electron chi connectivity index (χ1n) is 4.93. The zero-order chi connectivity index (χ0) is 12.0. The minimum Gasteiger partial charge on any atom is -0.338 e. The Morgan fingerprint density at radius 1 is 1.44 bits per heavy atom. The average Bonchev–Trinajstić information content (AvgIpc) is 2.27. The number of para-hydroxylation sites is 2.